The first-order valence-corrected chi connectivity index (χ1v) is 14.0. The number of benzene rings is 1. The molecule has 1 atom stereocenters. The predicted octanol–water partition coefficient (Wildman–Crippen LogP) is 5.78. The number of nitrogens with zero attached hydrogens (tertiary/aromatic N) is 4. The number of pyridine rings is 1. The molecule has 5 heterocycles. The molecule has 1 N–H and O–H groups in total. The van der Waals surface area contributed by atoms with E-state index in [0.29, 0.717) is 48.7 Å². The molecule has 0 spiro atoms. The number of imidazole rings is 1. The van der Waals surface area contributed by atoms with E-state index in [2.05, 4.69) is 14.5 Å². The molecular weight excluding hydrogens is 562 g/mol. The van der Waals surface area contributed by atoms with Crippen molar-refractivity contribution in [1.82, 2.24) is 19.4 Å². The van der Waals surface area contributed by atoms with Gasteiger partial charge in [-0.1, -0.05) is 23.7 Å². The minimum atomic E-state index is -0.957. The van der Waals surface area contributed by atoms with Crippen LogP contribution in [-0.4, -0.2) is 56.3 Å². The number of rotatable bonds is 9. The molecule has 3 aromatic heterocycles. The van der Waals surface area contributed by atoms with Gasteiger partial charge in [0.2, 0.25) is 5.88 Å². The summed E-state index contributed by atoms with van der Waals surface area (Å²) in [5.74, 6) is -1.00. The van der Waals surface area contributed by atoms with Crippen molar-refractivity contribution in [2.24, 2.45) is 0 Å². The van der Waals surface area contributed by atoms with Crippen molar-refractivity contribution in [3.63, 3.8) is 0 Å². The lowest BCUT2D eigenvalue weighted by molar-refractivity contribution is -0.0591. The summed E-state index contributed by atoms with van der Waals surface area (Å²) in [5.41, 5.74) is 2.50. The number of hydrogen-bond acceptors (Lipinski definition) is 7. The van der Waals surface area contributed by atoms with Gasteiger partial charge < -0.3 is 19.1 Å². The lowest BCUT2D eigenvalue weighted by Gasteiger charge is -2.29. The SMILES string of the molecule is O=C(O)c1cc2c(nc(CN3CC=C(c4cc(F)cc(OCc5ccc(Cl)cc5F)n4)CC3)n2C[C@@H]2CCO2)s1. The molecule has 1 fully saturated rings. The molecule has 2 aliphatic heterocycles. The number of hydrogen-bond donors (Lipinski definition) is 1. The van der Waals surface area contributed by atoms with Crippen LogP contribution in [0.4, 0.5) is 8.78 Å². The molecule has 6 rings (SSSR count). The van der Waals surface area contributed by atoms with Crippen LogP contribution in [0.3, 0.4) is 0 Å². The van der Waals surface area contributed by atoms with Gasteiger partial charge in [-0.15, -0.1) is 11.3 Å². The normalized spacial score (nSPS) is 17.6. The molecule has 1 aromatic carbocycles. The zero-order chi connectivity index (χ0) is 27.8. The summed E-state index contributed by atoms with van der Waals surface area (Å²) >= 11 is 6.98. The summed E-state index contributed by atoms with van der Waals surface area (Å²) in [4.78, 5) is 23.9. The standard InChI is InChI=1S/C28H25ClF2N4O4S/c29-18-2-1-17(21(31)9-18)15-39-26-11-19(30)10-22(32-26)16-3-6-34(7-4-16)14-25-33-27-23(12-24(40-27)28(36)37)35(25)13-20-5-8-38-20/h1-3,9-12,20H,4-8,13-15H2,(H,36,37)/t20-/m0/s1. The molecule has 0 aliphatic carbocycles. The average Bonchev–Trinajstić information content (AvgIpc) is 3.44. The van der Waals surface area contributed by atoms with Crippen molar-refractivity contribution in [2.45, 2.75) is 38.6 Å². The highest BCUT2D eigenvalue weighted by atomic mass is 35.5. The molecule has 1 saturated heterocycles. The summed E-state index contributed by atoms with van der Waals surface area (Å²) in [7, 11) is 0. The zero-order valence-electron chi connectivity index (χ0n) is 21.3. The third-order valence-electron chi connectivity index (χ3n) is 7.06. The van der Waals surface area contributed by atoms with Crippen LogP contribution in [0.1, 0.15) is 39.6 Å². The van der Waals surface area contributed by atoms with Crippen molar-refractivity contribution in [3.8, 4) is 5.88 Å². The lowest BCUT2D eigenvalue weighted by atomic mass is 10.0. The number of aromatic nitrogens is 3. The van der Waals surface area contributed by atoms with Gasteiger partial charge in [0.15, 0.2) is 0 Å². The second-order valence-electron chi connectivity index (χ2n) is 9.77. The molecule has 208 valence electrons. The van der Waals surface area contributed by atoms with E-state index in [1.165, 1.54) is 35.6 Å². The quantitative estimate of drug-likeness (QED) is 0.266. The first kappa shape index (κ1) is 26.8. The maximum atomic E-state index is 14.4. The van der Waals surface area contributed by atoms with E-state index in [1.807, 2.05) is 6.08 Å². The molecule has 0 unspecified atom stereocenters. The Bertz CT molecular complexity index is 1620. The van der Waals surface area contributed by atoms with Gasteiger partial charge in [0.1, 0.15) is 33.8 Å². The Kier molecular flexibility index (Phi) is 7.54. The average molecular weight is 587 g/mol. The number of halogens is 3. The van der Waals surface area contributed by atoms with Gasteiger partial charge in [-0.3, -0.25) is 4.90 Å². The van der Waals surface area contributed by atoms with E-state index in [9.17, 15) is 18.7 Å². The monoisotopic (exact) mass is 586 g/mol. The minimum Gasteiger partial charge on any atom is -0.477 e. The number of aromatic carboxylic acids is 1. The van der Waals surface area contributed by atoms with Crippen LogP contribution in [0.15, 0.2) is 42.5 Å². The fraction of sp³-hybridized carbons (Fsp3) is 0.321. The van der Waals surface area contributed by atoms with Gasteiger partial charge in [-0.2, -0.15) is 0 Å². The van der Waals surface area contributed by atoms with Crippen LogP contribution in [0, 0.1) is 11.6 Å². The van der Waals surface area contributed by atoms with Gasteiger partial charge in [-0.05, 0) is 36.6 Å². The van der Waals surface area contributed by atoms with Crippen molar-refractivity contribution in [3.05, 3.63) is 81.1 Å². The molecule has 4 aromatic rings. The Morgan fingerprint density at radius 3 is 2.77 bits per heavy atom. The lowest BCUT2D eigenvalue weighted by Crippen LogP contribution is -2.33. The molecule has 0 bridgehead atoms. The number of thiophene rings is 1. The summed E-state index contributed by atoms with van der Waals surface area (Å²) in [5, 5.41) is 9.68. The second-order valence-corrected chi connectivity index (χ2v) is 11.2. The Morgan fingerprint density at radius 2 is 2.08 bits per heavy atom. The molecule has 8 nitrogen and oxygen atoms in total. The number of carboxylic acids is 1. The van der Waals surface area contributed by atoms with Gasteiger partial charge >= 0.3 is 5.97 Å². The zero-order valence-corrected chi connectivity index (χ0v) is 22.9. The van der Waals surface area contributed by atoms with E-state index < -0.39 is 17.6 Å². The maximum Gasteiger partial charge on any atom is 0.346 e. The van der Waals surface area contributed by atoms with Crippen molar-refractivity contribution in [2.75, 3.05) is 19.7 Å². The maximum absolute atomic E-state index is 14.4. The number of ether oxygens (including phenoxy) is 2. The molecule has 12 heteroatoms. The van der Waals surface area contributed by atoms with E-state index in [-0.39, 0.29) is 28.5 Å². The molecule has 0 amide bonds. The fourth-order valence-electron chi connectivity index (χ4n) is 4.81. The summed E-state index contributed by atoms with van der Waals surface area (Å²) in [6, 6.07) is 8.53. The summed E-state index contributed by atoms with van der Waals surface area (Å²) < 4.78 is 41.8. The molecule has 40 heavy (non-hydrogen) atoms. The van der Waals surface area contributed by atoms with Crippen LogP contribution in [-0.2, 0) is 24.4 Å². The molecular formula is C28H25ClF2N4O4S. The first-order chi connectivity index (χ1) is 19.3. The Labute approximate surface area is 237 Å². The number of carbonyl (C=O) groups is 1. The van der Waals surface area contributed by atoms with E-state index in [0.717, 1.165) is 29.9 Å². The third-order valence-corrected chi connectivity index (χ3v) is 8.30. The molecule has 2 aliphatic rings. The highest BCUT2D eigenvalue weighted by molar-refractivity contribution is 7.20. The van der Waals surface area contributed by atoms with Crippen LogP contribution < -0.4 is 4.74 Å². The van der Waals surface area contributed by atoms with Crippen LogP contribution in [0.5, 0.6) is 5.88 Å². The fourth-order valence-corrected chi connectivity index (χ4v) is 5.86. The van der Waals surface area contributed by atoms with E-state index in [1.54, 1.807) is 12.1 Å². The van der Waals surface area contributed by atoms with Gasteiger partial charge in [0, 0.05) is 42.4 Å². The highest BCUT2D eigenvalue weighted by Crippen LogP contribution is 2.30. The summed E-state index contributed by atoms with van der Waals surface area (Å²) in [6.07, 6.45) is 3.72. The third kappa shape index (κ3) is 5.73. The minimum absolute atomic E-state index is 0.0775. The molecule has 0 saturated carbocycles. The number of carboxylic acid groups (broad SMARTS) is 1. The Hall–Kier alpha value is -3.38. The van der Waals surface area contributed by atoms with Gasteiger partial charge in [0.25, 0.3) is 0 Å². The Morgan fingerprint density at radius 1 is 1.23 bits per heavy atom. The molecule has 0 radical (unpaired) electrons. The van der Waals surface area contributed by atoms with Crippen molar-refractivity contribution < 1.29 is 28.2 Å². The summed E-state index contributed by atoms with van der Waals surface area (Å²) in [6.45, 7) is 3.16. The number of fused-ring (bicyclic) bond motifs is 1. The topological polar surface area (TPSA) is 89.7 Å². The van der Waals surface area contributed by atoms with Crippen molar-refractivity contribution >= 4 is 44.8 Å². The smallest absolute Gasteiger partial charge is 0.346 e. The van der Waals surface area contributed by atoms with Gasteiger partial charge in [0.05, 0.1) is 30.4 Å². The van der Waals surface area contributed by atoms with Crippen molar-refractivity contribution in [1.29, 1.82) is 0 Å². The largest absolute Gasteiger partial charge is 0.477 e. The van der Waals surface area contributed by atoms with Crippen LogP contribution >= 0.6 is 22.9 Å². The first-order valence-electron chi connectivity index (χ1n) is 12.8. The van der Waals surface area contributed by atoms with E-state index in [4.69, 9.17) is 26.1 Å². The predicted molar refractivity (Wildman–Crippen MR) is 147 cm³/mol. The highest BCUT2D eigenvalue weighted by Gasteiger charge is 2.25. The second kappa shape index (κ2) is 11.2. The van der Waals surface area contributed by atoms with E-state index >= 15 is 0 Å². The van der Waals surface area contributed by atoms with Gasteiger partial charge in [-0.25, -0.2) is 23.5 Å². The van der Waals surface area contributed by atoms with Crippen LogP contribution in [0.25, 0.3) is 15.9 Å². The van der Waals surface area contributed by atoms with Crippen LogP contribution in [0.2, 0.25) is 5.02 Å². The Balaban J connectivity index is 1.15.